The molecule has 0 aromatic heterocycles. The molecule has 0 heterocycles. The van der Waals surface area contributed by atoms with Crippen LogP contribution in [-0.4, -0.2) is 22.4 Å². The Morgan fingerprint density at radius 1 is 1.19 bits per heavy atom. The average molecular weight is 434 g/mol. The van der Waals surface area contributed by atoms with Gasteiger partial charge in [-0.1, -0.05) is 25.1 Å². The first-order valence-corrected chi connectivity index (χ1v) is 12.3. The molecule has 7 atom stereocenters. The van der Waals surface area contributed by atoms with E-state index in [9.17, 15) is 15.5 Å². The highest BCUT2D eigenvalue weighted by molar-refractivity contribution is 5.37. The Bertz CT molecular complexity index is 973. The summed E-state index contributed by atoms with van der Waals surface area (Å²) >= 11 is 0. The van der Waals surface area contributed by atoms with E-state index in [2.05, 4.69) is 37.3 Å². The van der Waals surface area contributed by atoms with Crippen LogP contribution in [0.15, 0.2) is 47.7 Å². The third-order valence-corrected chi connectivity index (χ3v) is 9.44. The number of aromatic hydroxyl groups is 1. The van der Waals surface area contributed by atoms with Crippen LogP contribution in [0.3, 0.4) is 0 Å². The number of benzene rings is 1. The summed E-state index contributed by atoms with van der Waals surface area (Å²) in [6.45, 7) is 5.01. The fraction of sp³-hybridized carbons (Fsp3) is 0.607. The van der Waals surface area contributed by atoms with E-state index in [1.807, 2.05) is 6.92 Å². The fourth-order valence-corrected chi connectivity index (χ4v) is 7.94. The Morgan fingerprint density at radius 2 is 1.97 bits per heavy atom. The highest BCUT2D eigenvalue weighted by Gasteiger charge is 2.64. The van der Waals surface area contributed by atoms with Gasteiger partial charge in [0.25, 0.3) is 0 Å². The normalized spacial score (nSPS) is 40.2. The van der Waals surface area contributed by atoms with E-state index in [1.165, 1.54) is 11.1 Å². The number of nitrogens with zero attached hydrogens (tertiary/aromatic N) is 1. The zero-order valence-corrected chi connectivity index (χ0v) is 19.3. The number of fused-ring (bicyclic) bond motifs is 5. The number of phenols is 1. The van der Waals surface area contributed by atoms with Crippen molar-refractivity contribution >= 4 is 0 Å². The average Bonchev–Trinajstić information content (AvgIpc) is 3.04. The van der Waals surface area contributed by atoms with Crippen molar-refractivity contribution in [2.75, 3.05) is 6.61 Å². The van der Waals surface area contributed by atoms with E-state index < -0.39 is 5.60 Å². The Kier molecular flexibility index (Phi) is 5.37. The maximum Gasteiger partial charge on any atom is 0.115 e. The molecule has 0 unspecified atom stereocenters. The summed E-state index contributed by atoms with van der Waals surface area (Å²) in [5.74, 6) is 3.68. The minimum Gasteiger partial charge on any atom is -0.508 e. The molecule has 2 fully saturated rings. The van der Waals surface area contributed by atoms with Crippen LogP contribution in [0, 0.1) is 40.4 Å². The van der Waals surface area contributed by atoms with Gasteiger partial charge in [0.1, 0.15) is 5.75 Å². The Labute approximate surface area is 191 Å². The molecule has 1 aromatic rings. The zero-order valence-electron chi connectivity index (χ0n) is 19.3. The van der Waals surface area contributed by atoms with Crippen molar-refractivity contribution in [1.82, 2.24) is 0 Å². The lowest BCUT2D eigenvalue weighted by Gasteiger charge is -2.58. The maximum absolute atomic E-state index is 11.7. The third-order valence-electron chi connectivity index (χ3n) is 9.44. The van der Waals surface area contributed by atoms with Crippen LogP contribution in [0.4, 0.5) is 0 Å². The summed E-state index contributed by atoms with van der Waals surface area (Å²) in [6, 6.07) is 10.0. The topological polar surface area (TPSA) is 73.5 Å². The predicted molar refractivity (Wildman–Crippen MR) is 124 cm³/mol. The molecule has 0 aliphatic heterocycles. The molecule has 1 aromatic carbocycles. The van der Waals surface area contributed by atoms with Crippen molar-refractivity contribution in [2.24, 2.45) is 29.1 Å². The van der Waals surface area contributed by atoms with E-state index in [4.69, 9.17) is 4.74 Å². The van der Waals surface area contributed by atoms with Gasteiger partial charge in [0.15, 0.2) is 0 Å². The van der Waals surface area contributed by atoms with Gasteiger partial charge in [-0.3, -0.25) is 0 Å². The van der Waals surface area contributed by atoms with E-state index in [1.54, 1.807) is 12.1 Å². The number of ether oxygens (including phenoxy) is 1. The van der Waals surface area contributed by atoms with Gasteiger partial charge in [-0.2, -0.15) is 5.26 Å². The third kappa shape index (κ3) is 3.20. The van der Waals surface area contributed by atoms with Crippen LogP contribution in [-0.2, 0) is 4.74 Å². The summed E-state index contributed by atoms with van der Waals surface area (Å²) < 4.78 is 5.86. The van der Waals surface area contributed by atoms with E-state index in [0.717, 1.165) is 44.3 Å². The molecule has 0 amide bonds. The summed E-state index contributed by atoms with van der Waals surface area (Å²) in [5, 5.41) is 31.1. The molecule has 0 saturated heterocycles. The van der Waals surface area contributed by atoms with Gasteiger partial charge in [0, 0.05) is 11.8 Å². The molecule has 4 heteroatoms. The zero-order chi connectivity index (χ0) is 22.5. The van der Waals surface area contributed by atoms with Gasteiger partial charge in [-0.05, 0) is 98.0 Å². The quantitative estimate of drug-likeness (QED) is 0.626. The molecule has 2 saturated carbocycles. The van der Waals surface area contributed by atoms with Crippen molar-refractivity contribution in [3.63, 3.8) is 0 Å². The highest BCUT2D eigenvalue weighted by atomic mass is 16.5. The van der Waals surface area contributed by atoms with Gasteiger partial charge in [0.05, 0.1) is 30.5 Å². The van der Waals surface area contributed by atoms with Crippen LogP contribution in [0.1, 0.15) is 70.3 Å². The second-order valence-electron chi connectivity index (χ2n) is 10.7. The number of hydrogen-bond acceptors (Lipinski definition) is 4. The lowest BCUT2D eigenvalue weighted by molar-refractivity contribution is -0.118. The van der Waals surface area contributed by atoms with Crippen molar-refractivity contribution in [3.05, 3.63) is 53.3 Å². The number of allylic oxidation sites excluding steroid dienone is 4. The lowest BCUT2D eigenvalue weighted by Crippen LogP contribution is -2.54. The van der Waals surface area contributed by atoms with Crippen LogP contribution in [0.5, 0.6) is 5.75 Å². The summed E-state index contributed by atoms with van der Waals surface area (Å²) in [7, 11) is 0. The molecule has 0 spiro atoms. The Balaban J connectivity index is 1.58. The molecule has 0 bridgehead atoms. The smallest absolute Gasteiger partial charge is 0.115 e. The second-order valence-corrected chi connectivity index (χ2v) is 10.7. The molecule has 170 valence electrons. The molecular weight excluding hydrogens is 398 g/mol. The SMILES string of the molecule is CCOC1=CC2=CC[C@@H]3[C@H]([C@@H](c4ccc(O)cc4)C[C@@]4(C)[C@H]3CC[C@@]4(O)CC#N)[C@H]2CC1. The van der Waals surface area contributed by atoms with Crippen LogP contribution in [0.25, 0.3) is 0 Å². The van der Waals surface area contributed by atoms with Crippen LogP contribution < -0.4 is 0 Å². The first-order chi connectivity index (χ1) is 15.4. The van der Waals surface area contributed by atoms with Crippen molar-refractivity contribution < 1.29 is 14.9 Å². The molecule has 4 nitrogen and oxygen atoms in total. The van der Waals surface area contributed by atoms with E-state index >= 15 is 0 Å². The Morgan fingerprint density at radius 3 is 2.69 bits per heavy atom. The molecule has 4 aliphatic rings. The number of nitriles is 1. The van der Waals surface area contributed by atoms with Gasteiger partial charge < -0.3 is 14.9 Å². The van der Waals surface area contributed by atoms with Crippen molar-refractivity contribution in [3.8, 4) is 11.8 Å². The summed E-state index contributed by atoms with van der Waals surface area (Å²) in [6.07, 6.45) is 10.7. The van der Waals surface area contributed by atoms with Gasteiger partial charge >= 0.3 is 0 Å². The minimum atomic E-state index is -0.912. The number of phenolic OH excluding ortho intramolecular Hbond substituents is 1. The molecule has 2 N–H and O–H groups in total. The largest absolute Gasteiger partial charge is 0.508 e. The number of aliphatic hydroxyl groups is 1. The second kappa shape index (κ2) is 7.96. The molecule has 0 radical (unpaired) electrons. The fourth-order valence-electron chi connectivity index (χ4n) is 7.94. The van der Waals surface area contributed by atoms with Crippen LogP contribution in [0.2, 0.25) is 0 Å². The predicted octanol–water partition coefficient (Wildman–Crippen LogP) is 5.83. The first kappa shape index (κ1) is 21.6. The summed E-state index contributed by atoms with van der Waals surface area (Å²) in [4.78, 5) is 0. The maximum atomic E-state index is 11.7. The van der Waals surface area contributed by atoms with Crippen molar-refractivity contribution in [2.45, 2.75) is 70.3 Å². The molecule has 4 aliphatic carbocycles. The van der Waals surface area contributed by atoms with E-state index in [-0.39, 0.29) is 11.8 Å². The van der Waals surface area contributed by atoms with Gasteiger partial charge in [-0.15, -0.1) is 0 Å². The highest BCUT2D eigenvalue weighted by Crippen LogP contribution is 2.68. The standard InChI is InChI=1S/C28H35NO3/c1-3-32-21-9-11-22-19(16-21)6-10-23-25-12-13-28(31,14-15-29)27(25,2)17-24(26(22)23)18-4-7-20(30)8-5-18/h4-8,16,22-26,30-31H,3,9-14,17H2,1-2H3/t22-,23-,24+,25-,26+,27-,28+/m0/s1. The Hall–Kier alpha value is -2.25. The van der Waals surface area contributed by atoms with Crippen LogP contribution >= 0.6 is 0 Å². The molecule has 32 heavy (non-hydrogen) atoms. The minimum absolute atomic E-state index is 0.213. The number of hydrogen-bond donors (Lipinski definition) is 2. The number of rotatable bonds is 4. The molecule has 5 rings (SSSR count). The molecular formula is C28H35NO3. The lowest BCUT2D eigenvalue weighted by atomic mass is 9.47. The monoisotopic (exact) mass is 433 g/mol. The van der Waals surface area contributed by atoms with Gasteiger partial charge in [-0.25, -0.2) is 0 Å². The summed E-state index contributed by atoms with van der Waals surface area (Å²) in [5.41, 5.74) is 1.51. The van der Waals surface area contributed by atoms with E-state index in [0.29, 0.717) is 41.9 Å². The first-order valence-electron chi connectivity index (χ1n) is 12.3. The van der Waals surface area contributed by atoms with Gasteiger partial charge in [0.2, 0.25) is 0 Å². The van der Waals surface area contributed by atoms with Crippen molar-refractivity contribution in [1.29, 1.82) is 5.26 Å².